The lowest BCUT2D eigenvalue weighted by Gasteiger charge is -2.10. The normalized spacial score (nSPS) is 14.5. The van der Waals surface area contributed by atoms with Crippen LogP contribution in [0, 0.1) is 6.92 Å². The second-order valence-electron chi connectivity index (χ2n) is 3.48. The maximum absolute atomic E-state index is 10.8. The van der Waals surface area contributed by atoms with Crippen LogP contribution in [-0.2, 0) is 0 Å². The van der Waals surface area contributed by atoms with Crippen LogP contribution in [0.1, 0.15) is 22.3 Å². The number of benzene rings is 1. The van der Waals surface area contributed by atoms with Crippen LogP contribution in [0.15, 0.2) is 12.1 Å². The standard InChI is InChI=1S/C11H12O4/c1-7-5-8(11(12)13)6-9-10(7)15-4-2-3-14-9/h5-6H,2-4H2,1H3,(H,12,13). The van der Waals surface area contributed by atoms with Crippen molar-refractivity contribution in [3.63, 3.8) is 0 Å². The van der Waals surface area contributed by atoms with Crippen LogP contribution in [0.3, 0.4) is 0 Å². The highest BCUT2D eigenvalue weighted by atomic mass is 16.5. The number of fused-ring (bicyclic) bond motifs is 1. The van der Waals surface area contributed by atoms with Crippen molar-refractivity contribution in [3.8, 4) is 11.5 Å². The molecule has 4 nitrogen and oxygen atoms in total. The van der Waals surface area contributed by atoms with Crippen molar-refractivity contribution in [2.45, 2.75) is 13.3 Å². The molecule has 1 heterocycles. The Kier molecular flexibility index (Phi) is 2.49. The van der Waals surface area contributed by atoms with Crippen LogP contribution < -0.4 is 9.47 Å². The van der Waals surface area contributed by atoms with Gasteiger partial charge >= 0.3 is 5.97 Å². The van der Waals surface area contributed by atoms with Gasteiger partial charge in [-0.2, -0.15) is 0 Å². The lowest BCUT2D eigenvalue weighted by Crippen LogP contribution is -2.00. The van der Waals surface area contributed by atoms with Gasteiger partial charge in [0.25, 0.3) is 0 Å². The van der Waals surface area contributed by atoms with Crippen LogP contribution in [0.5, 0.6) is 11.5 Å². The predicted molar refractivity (Wildman–Crippen MR) is 53.7 cm³/mol. The number of carboxylic acids is 1. The lowest BCUT2D eigenvalue weighted by molar-refractivity contribution is 0.0696. The number of aromatic carboxylic acids is 1. The number of ether oxygens (including phenoxy) is 2. The van der Waals surface area contributed by atoms with Gasteiger partial charge in [0.2, 0.25) is 0 Å². The summed E-state index contributed by atoms with van der Waals surface area (Å²) in [6, 6.07) is 3.10. The van der Waals surface area contributed by atoms with Gasteiger partial charge in [0, 0.05) is 6.42 Å². The van der Waals surface area contributed by atoms with E-state index < -0.39 is 5.97 Å². The van der Waals surface area contributed by atoms with Gasteiger partial charge in [-0.25, -0.2) is 4.79 Å². The molecule has 0 amide bonds. The average Bonchev–Trinajstić information content (AvgIpc) is 2.42. The minimum atomic E-state index is -0.950. The molecule has 0 saturated heterocycles. The van der Waals surface area contributed by atoms with Gasteiger partial charge in [0.15, 0.2) is 11.5 Å². The van der Waals surface area contributed by atoms with Gasteiger partial charge in [-0.15, -0.1) is 0 Å². The molecule has 0 spiro atoms. The number of hydrogen-bond acceptors (Lipinski definition) is 3. The monoisotopic (exact) mass is 208 g/mol. The van der Waals surface area contributed by atoms with Crippen LogP contribution in [-0.4, -0.2) is 24.3 Å². The molecule has 0 unspecified atom stereocenters. The molecule has 0 saturated carbocycles. The SMILES string of the molecule is Cc1cc(C(=O)O)cc2c1OCCCO2. The van der Waals surface area contributed by atoms with E-state index in [1.165, 1.54) is 6.07 Å². The summed E-state index contributed by atoms with van der Waals surface area (Å²) in [6.07, 6.45) is 0.816. The van der Waals surface area contributed by atoms with E-state index in [0.717, 1.165) is 12.0 Å². The van der Waals surface area contributed by atoms with Crippen LogP contribution in [0.2, 0.25) is 0 Å². The average molecular weight is 208 g/mol. The highest BCUT2D eigenvalue weighted by Gasteiger charge is 2.16. The predicted octanol–water partition coefficient (Wildman–Crippen LogP) is 1.85. The van der Waals surface area contributed by atoms with Crippen molar-refractivity contribution in [2.75, 3.05) is 13.2 Å². The molecule has 0 aliphatic carbocycles. The number of carbonyl (C=O) groups is 1. The number of rotatable bonds is 1. The van der Waals surface area contributed by atoms with Crippen molar-refractivity contribution >= 4 is 5.97 Å². The van der Waals surface area contributed by atoms with E-state index in [1.54, 1.807) is 6.07 Å². The molecule has 4 heteroatoms. The summed E-state index contributed by atoms with van der Waals surface area (Å²) in [5, 5.41) is 8.88. The summed E-state index contributed by atoms with van der Waals surface area (Å²) in [6.45, 7) is 3.00. The molecule has 0 atom stereocenters. The summed E-state index contributed by atoms with van der Waals surface area (Å²) in [4.78, 5) is 10.8. The maximum Gasteiger partial charge on any atom is 0.335 e. The Balaban J connectivity index is 2.48. The third kappa shape index (κ3) is 1.88. The van der Waals surface area contributed by atoms with Crippen molar-refractivity contribution in [1.82, 2.24) is 0 Å². The zero-order valence-electron chi connectivity index (χ0n) is 8.45. The molecule has 0 fully saturated rings. The first kappa shape index (κ1) is 9.83. The third-order valence-corrected chi connectivity index (χ3v) is 2.28. The van der Waals surface area contributed by atoms with Crippen LogP contribution >= 0.6 is 0 Å². The molecule has 2 rings (SSSR count). The van der Waals surface area contributed by atoms with E-state index in [2.05, 4.69) is 0 Å². The topological polar surface area (TPSA) is 55.8 Å². The Morgan fingerprint density at radius 3 is 2.80 bits per heavy atom. The largest absolute Gasteiger partial charge is 0.490 e. The Labute approximate surface area is 87.4 Å². The molecule has 80 valence electrons. The molecule has 1 aliphatic heterocycles. The van der Waals surface area contributed by atoms with E-state index in [1.807, 2.05) is 6.92 Å². The smallest absolute Gasteiger partial charge is 0.335 e. The molecule has 0 bridgehead atoms. The Bertz CT molecular complexity index is 398. The van der Waals surface area contributed by atoms with E-state index in [0.29, 0.717) is 24.7 Å². The van der Waals surface area contributed by atoms with Crippen molar-refractivity contribution in [3.05, 3.63) is 23.3 Å². The highest BCUT2D eigenvalue weighted by molar-refractivity contribution is 5.89. The van der Waals surface area contributed by atoms with E-state index in [9.17, 15) is 4.79 Å². The minimum Gasteiger partial charge on any atom is -0.490 e. The van der Waals surface area contributed by atoms with Gasteiger partial charge in [-0.3, -0.25) is 0 Å². The molecule has 0 aromatic heterocycles. The Morgan fingerprint density at radius 2 is 2.07 bits per heavy atom. The Hall–Kier alpha value is -1.71. The first-order valence-corrected chi connectivity index (χ1v) is 4.82. The number of carboxylic acid groups (broad SMARTS) is 1. The Morgan fingerprint density at radius 1 is 1.33 bits per heavy atom. The molecular formula is C11H12O4. The quantitative estimate of drug-likeness (QED) is 0.765. The molecular weight excluding hydrogens is 196 g/mol. The highest BCUT2D eigenvalue weighted by Crippen LogP contribution is 2.34. The second-order valence-corrected chi connectivity index (χ2v) is 3.48. The summed E-state index contributed by atoms with van der Waals surface area (Å²) in [7, 11) is 0. The first-order chi connectivity index (χ1) is 7.18. The third-order valence-electron chi connectivity index (χ3n) is 2.28. The van der Waals surface area contributed by atoms with E-state index in [4.69, 9.17) is 14.6 Å². The van der Waals surface area contributed by atoms with Gasteiger partial charge < -0.3 is 14.6 Å². The lowest BCUT2D eigenvalue weighted by atomic mass is 10.1. The van der Waals surface area contributed by atoms with E-state index in [-0.39, 0.29) is 5.56 Å². The van der Waals surface area contributed by atoms with Gasteiger partial charge in [0.05, 0.1) is 18.8 Å². The molecule has 1 aliphatic rings. The van der Waals surface area contributed by atoms with Gasteiger partial charge in [-0.05, 0) is 24.6 Å². The molecule has 0 radical (unpaired) electrons. The summed E-state index contributed by atoms with van der Waals surface area (Å²) in [5.41, 5.74) is 1.03. The summed E-state index contributed by atoms with van der Waals surface area (Å²) < 4.78 is 10.9. The van der Waals surface area contributed by atoms with Crippen LogP contribution in [0.4, 0.5) is 0 Å². The molecule has 1 N–H and O–H groups in total. The summed E-state index contributed by atoms with van der Waals surface area (Å²) in [5.74, 6) is 0.246. The molecule has 15 heavy (non-hydrogen) atoms. The minimum absolute atomic E-state index is 0.233. The van der Waals surface area contributed by atoms with Crippen molar-refractivity contribution < 1.29 is 19.4 Å². The second kappa shape index (κ2) is 3.81. The fraction of sp³-hybridized carbons (Fsp3) is 0.364. The zero-order chi connectivity index (χ0) is 10.8. The van der Waals surface area contributed by atoms with Gasteiger partial charge in [0.1, 0.15) is 0 Å². The number of aryl methyl sites for hydroxylation is 1. The molecule has 1 aromatic carbocycles. The van der Waals surface area contributed by atoms with E-state index >= 15 is 0 Å². The molecule has 1 aromatic rings. The van der Waals surface area contributed by atoms with Crippen molar-refractivity contribution in [2.24, 2.45) is 0 Å². The maximum atomic E-state index is 10.8. The van der Waals surface area contributed by atoms with Crippen LogP contribution in [0.25, 0.3) is 0 Å². The zero-order valence-corrected chi connectivity index (χ0v) is 8.45. The number of hydrogen-bond donors (Lipinski definition) is 1. The fourth-order valence-electron chi connectivity index (χ4n) is 1.57. The fourth-order valence-corrected chi connectivity index (χ4v) is 1.57. The van der Waals surface area contributed by atoms with Crippen molar-refractivity contribution in [1.29, 1.82) is 0 Å². The van der Waals surface area contributed by atoms with Gasteiger partial charge in [-0.1, -0.05) is 0 Å². The first-order valence-electron chi connectivity index (χ1n) is 4.82. The summed E-state index contributed by atoms with van der Waals surface area (Å²) >= 11 is 0.